The third kappa shape index (κ3) is 3.48. The SMILES string of the molecule is Cc1noc(C)c1CC(=O)NCCc1nc2sc(C)c(C)c2c(=O)[nH]1. The molecule has 1 amide bonds. The fourth-order valence-corrected chi connectivity index (χ4v) is 3.76. The number of carbonyl (C=O) groups is 1. The maximum atomic E-state index is 12.2. The summed E-state index contributed by atoms with van der Waals surface area (Å²) in [4.78, 5) is 33.4. The lowest BCUT2D eigenvalue weighted by Crippen LogP contribution is -2.28. The Bertz CT molecular complexity index is 980. The molecule has 0 saturated carbocycles. The number of aryl methyl sites for hydroxylation is 4. The molecule has 0 bridgehead atoms. The Balaban J connectivity index is 1.63. The van der Waals surface area contributed by atoms with Crippen LogP contribution in [0.4, 0.5) is 0 Å². The fraction of sp³-hybridized carbons (Fsp3) is 0.412. The summed E-state index contributed by atoms with van der Waals surface area (Å²) >= 11 is 1.52. The van der Waals surface area contributed by atoms with Crippen LogP contribution < -0.4 is 10.9 Å². The van der Waals surface area contributed by atoms with E-state index in [-0.39, 0.29) is 17.9 Å². The summed E-state index contributed by atoms with van der Waals surface area (Å²) in [7, 11) is 0. The maximum Gasteiger partial charge on any atom is 0.259 e. The molecule has 0 saturated heterocycles. The number of rotatable bonds is 5. The van der Waals surface area contributed by atoms with Crippen LogP contribution in [0.15, 0.2) is 9.32 Å². The normalized spacial score (nSPS) is 11.2. The zero-order chi connectivity index (χ0) is 18.1. The Morgan fingerprint density at radius 2 is 2.04 bits per heavy atom. The number of aromatic amines is 1. The Labute approximate surface area is 148 Å². The standard InChI is InChI=1S/C17H20N4O3S/c1-8-11(4)25-17-15(8)16(23)19-13(20-17)5-6-18-14(22)7-12-9(2)21-24-10(12)3/h5-7H2,1-4H3,(H,18,22)(H,19,20,23). The fourth-order valence-electron chi connectivity index (χ4n) is 2.72. The minimum atomic E-state index is -0.121. The summed E-state index contributed by atoms with van der Waals surface area (Å²) in [5.74, 6) is 1.13. The highest BCUT2D eigenvalue weighted by Gasteiger charge is 2.14. The number of aromatic nitrogens is 3. The van der Waals surface area contributed by atoms with Gasteiger partial charge >= 0.3 is 0 Å². The van der Waals surface area contributed by atoms with Crippen LogP contribution in [0.5, 0.6) is 0 Å². The van der Waals surface area contributed by atoms with Crippen molar-refractivity contribution in [1.82, 2.24) is 20.4 Å². The number of fused-ring (bicyclic) bond motifs is 1. The largest absolute Gasteiger partial charge is 0.361 e. The van der Waals surface area contributed by atoms with Crippen molar-refractivity contribution < 1.29 is 9.32 Å². The Hall–Kier alpha value is -2.48. The molecule has 2 N–H and O–H groups in total. The van der Waals surface area contributed by atoms with Gasteiger partial charge in [-0.1, -0.05) is 5.16 Å². The highest BCUT2D eigenvalue weighted by atomic mass is 32.1. The zero-order valence-corrected chi connectivity index (χ0v) is 15.5. The zero-order valence-electron chi connectivity index (χ0n) is 14.6. The topological polar surface area (TPSA) is 101 Å². The number of nitrogens with zero attached hydrogens (tertiary/aromatic N) is 2. The molecule has 0 radical (unpaired) electrons. The molecule has 3 rings (SSSR count). The van der Waals surface area contributed by atoms with Gasteiger partial charge in [-0.15, -0.1) is 11.3 Å². The summed E-state index contributed by atoms with van der Waals surface area (Å²) in [6, 6.07) is 0. The van der Waals surface area contributed by atoms with Gasteiger partial charge in [0.2, 0.25) is 5.91 Å². The van der Waals surface area contributed by atoms with E-state index in [1.807, 2.05) is 20.8 Å². The molecule has 0 aromatic carbocycles. The van der Waals surface area contributed by atoms with Crippen molar-refractivity contribution in [2.75, 3.05) is 6.54 Å². The lowest BCUT2D eigenvalue weighted by molar-refractivity contribution is -0.120. The molecule has 0 aliphatic rings. The average molecular weight is 360 g/mol. The van der Waals surface area contributed by atoms with Crippen LogP contribution >= 0.6 is 11.3 Å². The van der Waals surface area contributed by atoms with Crippen LogP contribution in [0, 0.1) is 27.7 Å². The molecule has 0 aliphatic heterocycles. The van der Waals surface area contributed by atoms with Crippen LogP contribution in [-0.4, -0.2) is 27.6 Å². The van der Waals surface area contributed by atoms with E-state index in [4.69, 9.17) is 4.52 Å². The molecule has 3 aromatic heterocycles. The number of nitrogens with one attached hydrogen (secondary N) is 2. The van der Waals surface area contributed by atoms with E-state index in [2.05, 4.69) is 20.4 Å². The van der Waals surface area contributed by atoms with E-state index < -0.39 is 0 Å². The van der Waals surface area contributed by atoms with Crippen molar-refractivity contribution in [3.05, 3.63) is 43.6 Å². The van der Waals surface area contributed by atoms with Crippen LogP contribution in [0.3, 0.4) is 0 Å². The molecule has 3 heterocycles. The van der Waals surface area contributed by atoms with Gasteiger partial charge in [-0.05, 0) is 33.3 Å². The molecule has 8 heteroatoms. The van der Waals surface area contributed by atoms with Gasteiger partial charge in [0, 0.05) is 23.4 Å². The number of thiophene rings is 1. The molecule has 7 nitrogen and oxygen atoms in total. The van der Waals surface area contributed by atoms with E-state index >= 15 is 0 Å². The van der Waals surface area contributed by atoms with E-state index in [0.29, 0.717) is 29.9 Å². The summed E-state index contributed by atoms with van der Waals surface area (Å²) in [5.41, 5.74) is 2.40. The van der Waals surface area contributed by atoms with Gasteiger partial charge in [0.05, 0.1) is 17.5 Å². The smallest absolute Gasteiger partial charge is 0.259 e. The molecular formula is C17H20N4O3S. The lowest BCUT2D eigenvalue weighted by Gasteiger charge is -2.05. The van der Waals surface area contributed by atoms with E-state index in [0.717, 1.165) is 26.5 Å². The van der Waals surface area contributed by atoms with Crippen molar-refractivity contribution in [2.45, 2.75) is 40.5 Å². The molecule has 0 spiro atoms. The van der Waals surface area contributed by atoms with Gasteiger partial charge in [-0.2, -0.15) is 0 Å². The van der Waals surface area contributed by atoms with E-state index in [1.165, 1.54) is 11.3 Å². The maximum absolute atomic E-state index is 12.2. The minimum absolute atomic E-state index is 0.111. The molecule has 132 valence electrons. The first-order valence-corrected chi connectivity index (χ1v) is 8.85. The summed E-state index contributed by atoms with van der Waals surface area (Å²) < 4.78 is 5.06. The molecule has 0 aliphatic carbocycles. The van der Waals surface area contributed by atoms with Gasteiger partial charge < -0.3 is 14.8 Å². The van der Waals surface area contributed by atoms with Crippen LogP contribution in [-0.2, 0) is 17.6 Å². The molecular weight excluding hydrogens is 340 g/mol. The van der Waals surface area contributed by atoms with Crippen molar-refractivity contribution in [1.29, 1.82) is 0 Å². The Morgan fingerprint density at radius 3 is 2.72 bits per heavy atom. The highest BCUT2D eigenvalue weighted by Crippen LogP contribution is 2.25. The third-order valence-electron chi connectivity index (χ3n) is 4.29. The van der Waals surface area contributed by atoms with Crippen LogP contribution in [0.25, 0.3) is 10.2 Å². The van der Waals surface area contributed by atoms with Crippen LogP contribution in [0.1, 0.15) is 33.3 Å². The number of hydrogen-bond acceptors (Lipinski definition) is 6. The number of H-pyrrole nitrogens is 1. The second kappa shape index (κ2) is 6.79. The van der Waals surface area contributed by atoms with Crippen molar-refractivity contribution in [2.24, 2.45) is 0 Å². The first-order chi connectivity index (χ1) is 11.9. The monoisotopic (exact) mass is 360 g/mol. The summed E-state index contributed by atoms with van der Waals surface area (Å²) in [6.45, 7) is 7.92. The molecule has 0 fully saturated rings. The van der Waals surface area contributed by atoms with E-state index in [9.17, 15) is 9.59 Å². The lowest BCUT2D eigenvalue weighted by atomic mass is 10.1. The Kier molecular flexibility index (Phi) is 4.71. The quantitative estimate of drug-likeness (QED) is 0.726. The highest BCUT2D eigenvalue weighted by molar-refractivity contribution is 7.18. The summed E-state index contributed by atoms with van der Waals surface area (Å²) in [5, 5.41) is 7.34. The number of carbonyl (C=O) groups excluding carboxylic acids is 1. The number of hydrogen-bond donors (Lipinski definition) is 2. The predicted molar refractivity (Wildman–Crippen MR) is 96.1 cm³/mol. The van der Waals surface area contributed by atoms with E-state index in [1.54, 1.807) is 6.92 Å². The Morgan fingerprint density at radius 1 is 1.28 bits per heavy atom. The van der Waals surface area contributed by atoms with Gasteiger partial charge in [0.15, 0.2) is 0 Å². The van der Waals surface area contributed by atoms with Gasteiger partial charge in [0.1, 0.15) is 16.4 Å². The average Bonchev–Trinajstić information content (AvgIpc) is 3.01. The summed E-state index contributed by atoms with van der Waals surface area (Å²) in [6.07, 6.45) is 0.696. The van der Waals surface area contributed by atoms with Gasteiger partial charge in [0.25, 0.3) is 5.56 Å². The molecule has 25 heavy (non-hydrogen) atoms. The third-order valence-corrected chi connectivity index (χ3v) is 5.39. The van der Waals surface area contributed by atoms with Crippen molar-refractivity contribution >= 4 is 27.5 Å². The minimum Gasteiger partial charge on any atom is -0.361 e. The first kappa shape index (κ1) is 17.3. The molecule has 0 unspecified atom stereocenters. The molecule has 3 aromatic rings. The second-order valence-corrected chi connectivity index (χ2v) is 7.26. The van der Waals surface area contributed by atoms with Crippen molar-refractivity contribution in [3.63, 3.8) is 0 Å². The van der Waals surface area contributed by atoms with Crippen LogP contribution in [0.2, 0.25) is 0 Å². The van der Waals surface area contributed by atoms with Gasteiger partial charge in [-0.25, -0.2) is 4.98 Å². The van der Waals surface area contributed by atoms with Gasteiger partial charge in [-0.3, -0.25) is 9.59 Å². The first-order valence-electron chi connectivity index (χ1n) is 8.04. The predicted octanol–water partition coefficient (Wildman–Crippen LogP) is 2.11. The number of amides is 1. The van der Waals surface area contributed by atoms with Crippen molar-refractivity contribution in [3.8, 4) is 0 Å². The molecule has 0 atom stereocenters. The second-order valence-electron chi connectivity index (χ2n) is 6.06.